The van der Waals surface area contributed by atoms with Gasteiger partial charge < -0.3 is 4.90 Å². The summed E-state index contributed by atoms with van der Waals surface area (Å²) in [7, 11) is -3.36. The van der Waals surface area contributed by atoms with Crippen LogP contribution in [0.1, 0.15) is 12.8 Å². The van der Waals surface area contributed by atoms with E-state index in [-0.39, 0.29) is 15.7 Å². The van der Waals surface area contributed by atoms with Crippen LogP contribution in [-0.2, 0) is 9.84 Å². The predicted molar refractivity (Wildman–Crippen MR) is 74.2 cm³/mol. The van der Waals surface area contributed by atoms with Crippen LogP contribution in [0.4, 0.5) is 0 Å². The molecule has 0 saturated carbocycles. The van der Waals surface area contributed by atoms with Gasteiger partial charge in [-0.15, -0.1) is 0 Å². The Morgan fingerprint density at radius 3 is 2.50 bits per heavy atom. The van der Waals surface area contributed by atoms with E-state index >= 15 is 0 Å². The van der Waals surface area contributed by atoms with Crippen LogP contribution < -0.4 is 0 Å². The Kier molecular flexibility index (Phi) is 4.54. The number of rotatable bonds is 4. The van der Waals surface area contributed by atoms with E-state index in [0.29, 0.717) is 11.6 Å². The molecule has 1 fully saturated rings. The van der Waals surface area contributed by atoms with E-state index in [2.05, 4.69) is 4.90 Å². The average molecular weight is 308 g/mol. The van der Waals surface area contributed by atoms with Crippen LogP contribution in [0.3, 0.4) is 0 Å². The third-order valence-corrected chi connectivity index (χ3v) is 5.51. The molecule has 6 heteroatoms. The molecule has 18 heavy (non-hydrogen) atoms. The maximum Gasteiger partial charge on any atom is 0.181 e. The van der Waals surface area contributed by atoms with Crippen LogP contribution in [0.5, 0.6) is 0 Å². The molecular formula is C12H15Cl2NO2S. The fourth-order valence-electron chi connectivity index (χ4n) is 2.08. The van der Waals surface area contributed by atoms with Crippen LogP contribution in [0.15, 0.2) is 23.1 Å². The fraction of sp³-hybridized carbons (Fsp3) is 0.500. The molecule has 0 N–H and O–H groups in total. The highest BCUT2D eigenvalue weighted by atomic mass is 35.5. The standard InChI is InChI=1S/C12H15Cl2NO2S/c13-10-3-4-11(14)12(9-10)18(16,17)8-7-15-5-1-2-6-15/h3-4,9H,1-2,5-8H2. The van der Waals surface area contributed by atoms with Crippen molar-refractivity contribution in [2.75, 3.05) is 25.4 Å². The lowest BCUT2D eigenvalue weighted by atomic mass is 10.4. The molecule has 0 aromatic heterocycles. The molecule has 1 saturated heterocycles. The molecule has 0 radical (unpaired) electrons. The summed E-state index contributed by atoms with van der Waals surface area (Å²) in [6.07, 6.45) is 2.30. The number of hydrogen-bond donors (Lipinski definition) is 0. The first-order valence-corrected chi connectivity index (χ1v) is 8.30. The Labute approximate surface area is 118 Å². The van der Waals surface area contributed by atoms with Crippen LogP contribution >= 0.6 is 23.2 Å². The lowest BCUT2D eigenvalue weighted by molar-refractivity contribution is 0.359. The van der Waals surface area contributed by atoms with Crippen molar-refractivity contribution in [2.24, 2.45) is 0 Å². The third-order valence-electron chi connectivity index (χ3n) is 3.10. The molecule has 100 valence electrons. The zero-order valence-corrected chi connectivity index (χ0v) is 12.2. The number of hydrogen-bond acceptors (Lipinski definition) is 3. The minimum absolute atomic E-state index is 0.0903. The number of halogens is 2. The Bertz CT molecular complexity index is 525. The molecule has 1 aromatic rings. The smallest absolute Gasteiger partial charge is 0.181 e. The Hall–Kier alpha value is -0.290. The van der Waals surface area contributed by atoms with Gasteiger partial charge in [-0.05, 0) is 44.1 Å². The first-order chi connectivity index (χ1) is 8.49. The summed E-state index contributed by atoms with van der Waals surface area (Å²) < 4.78 is 24.4. The molecule has 1 aliphatic rings. The van der Waals surface area contributed by atoms with Crippen LogP contribution in [-0.4, -0.2) is 38.7 Å². The van der Waals surface area contributed by atoms with Gasteiger partial charge in [-0.2, -0.15) is 0 Å². The summed E-state index contributed by atoms with van der Waals surface area (Å²) in [5.41, 5.74) is 0. The largest absolute Gasteiger partial charge is 0.302 e. The molecular weight excluding hydrogens is 293 g/mol. The van der Waals surface area contributed by atoms with Gasteiger partial charge in [0.25, 0.3) is 0 Å². The van der Waals surface area contributed by atoms with Gasteiger partial charge in [0.2, 0.25) is 0 Å². The maximum atomic E-state index is 12.2. The van der Waals surface area contributed by atoms with E-state index < -0.39 is 9.84 Å². The number of benzene rings is 1. The number of likely N-dealkylation sites (tertiary alicyclic amines) is 1. The predicted octanol–water partition coefficient (Wildman–Crippen LogP) is 2.86. The van der Waals surface area contributed by atoms with E-state index in [9.17, 15) is 8.42 Å². The molecule has 3 nitrogen and oxygen atoms in total. The van der Waals surface area contributed by atoms with Crippen molar-refractivity contribution in [3.8, 4) is 0 Å². The second kappa shape index (κ2) is 5.78. The van der Waals surface area contributed by atoms with Crippen molar-refractivity contribution in [1.29, 1.82) is 0 Å². The Balaban J connectivity index is 2.12. The average Bonchev–Trinajstić information content (AvgIpc) is 2.83. The molecule has 1 aliphatic heterocycles. The summed E-state index contributed by atoms with van der Waals surface area (Å²) in [5, 5.41) is 0.625. The highest BCUT2D eigenvalue weighted by Crippen LogP contribution is 2.26. The minimum atomic E-state index is -3.36. The van der Waals surface area contributed by atoms with Gasteiger partial charge in [0.05, 0.1) is 15.7 Å². The lowest BCUT2D eigenvalue weighted by Gasteiger charge is -2.14. The summed E-state index contributed by atoms with van der Waals surface area (Å²) >= 11 is 11.7. The second-order valence-electron chi connectivity index (χ2n) is 4.44. The quantitative estimate of drug-likeness (QED) is 0.858. The van der Waals surface area contributed by atoms with E-state index in [1.807, 2.05) is 0 Å². The normalized spacial score (nSPS) is 17.2. The number of sulfone groups is 1. The molecule has 0 bridgehead atoms. The van der Waals surface area contributed by atoms with Crippen molar-refractivity contribution < 1.29 is 8.42 Å². The molecule has 0 amide bonds. The fourth-order valence-corrected chi connectivity index (χ4v) is 4.18. The molecule has 2 rings (SSSR count). The Morgan fingerprint density at radius 1 is 1.17 bits per heavy atom. The molecule has 0 unspecified atom stereocenters. The van der Waals surface area contributed by atoms with Gasteiger partial charge >= 0.3 is 0 Å². The van der Waals surface area contributed by atoms with Crippen molar-refractivity contribution in [3.63, 3.8) is 0 Å². The van der Waals surface area contributed by atoms with E-state index in [1.165, 1.54) is 12.1 Å². The van der Waals surface area contributed by atoms with Gasteiger partial charge in [0, 0.05) is 11.6 Å². The number of nitrogens with zero attached hydrogens (tertiary/aromatic N) is 1. The van der Waals surface area contributed by atoms with Crippen molar-refractivity contribution in [3.05, 3.63) is 28.2 Å². The highest BCUT2D eigenvalue weighted by Gasteiger charge is 2.21. The molecule has 0 aliphatic carbocycles. The maximum absolute atomic E-state index is 12.2. The van der Waals surface area contributed by atoms with Crippen molar-refractivity contribution >= 4 is 33.0 Å². The molecule has 1 heterocycles. The van der Waals surface area contributed by atoms with Gasteiger partial charge in [-0.25, -0.2) is 8.42 Å². The zero-order chi connectivity index (χ0) is 13.2. The van der Waals surface area contributed by atoms with Gasteiger partial charge in [0.1, 0.15) is 0 Å². The third kappa shape index (κ3) is 3.38. The van der Waals surface area contributed by atoms with Crippen molar-refractivity contribution in [2.45, 2.75) is 17.7 Å². The topological polar surface area (TPSA) is 37.4 Å². The SMILES string of the molecule is O=S(=O)(CCN1CCCC1)c1cc(Cl)ccc1Cl. The monoisotopic (exact) mass is 307 g/mol. The van der Waals surface area contributed by atoms with Gasteiger partial charge in [-0.3, -0.25) is 0 Å². The second-order valence-corrected chi connectivity index (χ2v) is 7.36. The first kappa shape index (κ1) is 14.1. The highest BCUT2D eigenvalue weighted by molar-refractivity contribution is 7.91. The lowest BCUT2D eigenvalue weighted by Crippen LogP contribution is -2.26. The minimum Gasteiger partial charge on any atom is -0.302 e. The van der Waals surface area contributed by atoms with Crippen LogP contribution in [0.25, 0.3) is 0 Å². The molecule has 0 atom stereocenters. The summed E-state index contributed by atoms with van der Waals surface area (Å²) in [4.78, 5) is 2.30. The van der Waals surface area contributed by atoms with E-state index in [0.717, 1.165) is 25.9 Å². The van der Waals surface area contributed by atoms with Gasteiger partial charge in [-0.1, -0.05) is 23.2 Å². The summed E-state index contributed by atoms with van der Waals surface area (Å²) in [6.45, 7) is 2.53. The molecule has 0 spiro atoms. The summed E-state index contributed by atoms with van der Waals surface area (Å²) in [5.74, 6) is 0.0903. The van der Waals surface area contributed by atoms with Crippen molar-refractivity contribution in [1.82, 2.24) is 4.90 Å². The zero-order valence-electron chi connectivity index (χ0n) is 9.90. The van der Waals surface area contributed by atoms with E-state index in [1.54, 1.807) is 6.07 Å². The molecule has 1 aromatic carbocycles. The first-order valence-electron chi connectivity index (χ1n) is 5.89. The van der Waals surface area contributed by atoms with Gasteiger partial charge in [0.15, 0.2) is 9.84 Å². The van der Waals surface area contributed by atoms with E-state index in [4.69, 9.17) is 23.2 Å². The van der Waals surface area contributed by atoms with Crippen LogP contribution in [0, 0.1) is 0 Å². The Morgan fingerprint density at radius 2 is 1.83 bits per heavy atom. The van der Waals surface area contributed by atoms with Crippen LogP contribution in [0.2, 0.25) is 10.0 Å². The summed E-state index contributed by atoms with van der Waals surface area (Å²) in [6, 6.07) is 4.53.